The van der Waals surface area contributed by atoms with Gasteiger partial charge in [0.15, 0.2) is 0 Å². The lowest BCUT2D eigenvalue weighted by atomic mass is 9.61. The summed E-state index contributed by atoms with van der Waals surface area (Å²) < 4.78 is 29.2. The lowest BCUT2D eigenvalue weighted by molar-refractivity contribution is 0.0606. The van der Waals surface area contributed by atoms with Crippen molar-refractivity contribution in [1.82, 2.24) is 20.8 Å². The molecule has 2 amide bonds. The summed E-state index contributed by atoms with van der Waals surface area (Å²) in [6.45, 7) is 6.17. The number of urea groups is 1. The number of halogens is 2. The third-order valence-electron chi connectivity index (χ3n) is 4.07. The quantitative estimate of drug-likeness (QED) is 0.896. The van der Waals surface area contributed by atoms with Crippen molar-refractivity contribution in [3.8, 4) is 0 Å². The molecule has 1 fully saturated rings. The smallest absolute Gasteiger partial charge is 0.315 e. The van der Waals surface area contributed by atoms with E-state index in [1.165, 1.54) is 0 Å². The summed E-state index contributed by atoms with van der Waals surface area (Å²) in [5, 5.41) is 8.66. The van der Waals surface area contributed by atoms with Crippen molar-refractivity contribution in [2.24, 2.45) is 5.41 Å². The number of carbonyl (C=O) groups is 1. The molecular weight excluding hydrogens is 282 g/mol. The van der Waals surface area contributed by atoms with Crippen LogP contribution in [0.2, 0.25) is 0 Å². The van der Waals surface area contributed by atoms with Crippen LogP contribution in [0, 0.1) is 5.41 Å². The maximum Gasteiger partial charge on any atom is 0.315 e. The monoisotopic (exact) mass is 302 g/mol. The highest BCUT2D eigenvalue weighted by Crippen LogP contribution is 2.45. The third kappa shape index (κ3) is 3.30. The second kappa shape index (κ2) is 5.57. The molecule has 118 valence electrons. The second-order valence-corrected chi connectivity index (χ2v) is 6.34. The van der Waals surface area contributed by atoms with Gasteiger partial charge in [0.1, 0.15) is 0 Å². The van der Waals surface area contributed by atoms with E-state index in [2.05, 4.69) is 46.1 Å². The van der Waals surface area contributed by atoms with E-state index in [9.17, 15) is 13.6 Å². The van der Waals surface area contributed by atoms with Crippen molar-refractivity contribution in [3.63, 3.8) is 0 Å². The van der Waals surface area contributed by atoms with Crippen LogP contribution in [0.15, 0.2) is 4.52 Å². The molecule has 2 rings (SSSR count). The summed E-state index contributed by atoms with van der Waals surface area (Å²) in [4.78, 5) is 15.4. The highest BCUT2D eigenvalue weighted by atomic mass is 19.3. The molecule has 2 N–H and O–H groups in total. The standard InChI is InChI=1S/C13H20F2N4O2/c1-12(2,3)13(5-4-6-13)18-11(20)16-7-8-17-10(9(14)15)19-21-8/h9H,4-7H2,1-3H3,(H2,16,18,20). The van der Waals surface area contributed by atoms with Crippen LogP contribution < -0.4 is 10.6 Å². The number of nitrogens with zero attached hydrogens (tertiary/aromatic N) is 2. The lowest BCUT2D eigenvalue weighted by Crippen LogP contribution is -2.63. The maximum atomic E-state index is 12.3. The Bertz CT molecular complexity index is 507. The fraction of sp³-hybridized carbons (Fsp3) is 0.769. The minimum atomic E-state index is -2.78. The Kier molecular flexibility index (Phi) is 4.15. The first-order chi connectivity index (χ1) is 9.73. The van der Waals surface area contributed by atoms with Gasteiger partial charge in [-0.3, -0.25) is 0 Å². The van der Waals surface area contributed by atoms with Gasteiger partial charge in [0.2, 0.25) is 11.7 Å². The van der Waals surface area contributed by atoms with Crippen LogP contribution in [0.1, 0.15) is 58.2 Å². The largest absolute Gasteiger partial charge is 0.337 e. The van der Waals surface area contributed by atoms with Crippen LogP contribution in [0.5, 0.6) is 0 Å². The van der Waals surface area contributed by atoms with Crippen molar-refractivity contribution < 1.29 is 18.1 Å². The van der Waals surface area contributed by atoms with Crippen LogP contribution in [0.25, 0.3) is 0 Å². The number of aromatic nitrogens is 2. The van der Waals surface area contributed by atoms with Gasteiger partial charge in [0, 0.05) is 5.54 Å². The van der Waals surface area contributed by atoms with Gasteiger partial charge in [-0.25, -0.2) is 13.6 Å². The van der Waals surface area contributed by atoms with Gasteiger partial charge in [0.05, 0.1) is 6.54 Å². The Hall–Kier alpha value is -1.73. The van der Waals surface area contributed by atoms with E-state index in [1.54, 1.807) is 0 Å². The Labute approximate surface area is 121 Å². The number of hydrogen-bond acceptors (Lipinski definition) is 4. The summed E-state index contributed by atoms with van der Waals surface area (Å²) in [5.41, 5.74) is -0.268. The first-order valence-electron chi connectivity index (χ1n) is 6.90. The zero-order valence-corrected chi connectivity index (χ0v) is 12.4. The Morgan fingerprint density at radius 2 is 2.10 bits per heavy atom. The second-order valence-electron chi connectivity index (χ2n) is 6.34. The van der Waals surface area contributed by atoms with Crippen molar-refractivity contribution in [3.05, 3.63) is 11.7 Å². The predicted octanol–water partition coefficient (Wildman–Crippen LogP) is 2.78. The first-order valence-corrected chi connectivity index (χ1v) is 6.90. The number of hydrogen-bond donors (Lipinski definition) is 2. The lowest BCUT2D eigenvalue weighted by Gasteiger charge is -2.52. The minimum absolute atomic E-state index is 0.0427. The molecule has 0 aromatic carbocycles. The average Bonchev–Trinajstić information content (AvgIpc) is 2.78. The van der Waals surface area contributed by atoms with Crippen LogP contribution in [-0.4, -0.2) is 21.7 Å². The van der Waals surface area contributed by atoms with E-state index in [4.69, 9.17) is 0 Å². The summed E-state index contributed by atoms with van der Waals surface area (Å²) in [7, 11) is 0. The molecule has 0 bridgehead atoms. The first kappa shape index (κ1) is 15.7. The molecule has 8 heteroatoms. The molecule has 6 nitrogen and oxygen atoms in total. The van der Waals surface area contributed by atoms with Gasteiger partial charge in [-0.15, -0.1) is 0 Å². The SMILES string of the molecule is CC(C)(C)C1(NC(=O)NCc2nc(C(F)F)no2)CCC1. The van der Waals surface area contributed by atoms with E-state index >= 15 is 0 Å². The van der Waals surface area contributed by atoms with Gasteiger partial charge in [-0.05, 0) is 24.7 Å². The third-order valence-corrected chi connectivity index (χ3v) is 4.07. The average molecular weight is 302 g/mol. The Balaban J connectivity index is 1.87. The molecule has 1 aromatic heterocycles. The number of rotatable bonds is 4. The molecule has 0 saturated heterocycles. The van der Waals surface area contributed by atoms with Gasteiger partial charge in [-0.1, -0.05) is 25.9 Å². The van der Waals surface area contributed by atoms with E-state index < -0.39 is 12.2 Å². The van der Waals surface area contributed by atoms with Crippen molar-refractivity contribution >= 4 is 6.03 Å². The Morgan fingerprint density at radius 3 is 2.52 bits per heavy atom. The minimum Gasteiger partial charge on any atom is -0.337 e. The molecule has 0 aliphatic heterocycles. The molecule has 0 radical (unpaired) electrons. The van der Waals surface area contributed by atoms with Crippen LogP contribution >= 0.6 is 0 Å². The number of alkyl halides is 2. The van der Waals surface area contributed by atoms with Gasteiger partial charge >= 0.3 is 12.5 Å². The molecule has 0 unspecified atom stereocenters. The number of nitrogens with one attached hydrogen (secondary N) is 2. The van der Waals surface area contributed by atoms with E-state index in [-0.39, 0.29) is 29.4 Å². The van der Waals surface area contributed by atoms with Crippen molar-refractivity contribution in [1.29, 1.82) is 0 Å². The van der Waals surface area contributed by atoms with Gasteiger partial charge in [0.25, 0.3) is 0 Å². The fourth-order valence-electron chi connectivity index (χ4n) is 2.44. The summed E-state index contributed by atoms with van der Waals surface area (Å²) >= 11 is 0. The topological polar surface area (TPSA) is 80.0 Å². The summed E-state index contributed by atoms with van der Waals surface area (Å²) in [5.74, 6) is -0.712. The summed E-state index contributed by atoms with van der Waals surface area (Å²) in [6, 6.07) is -0.360. The molecule has 1 aromatic rings. The zero-order chi connectivity index (χ0) is 15.7. The van der Waals surface area contributed by atoms with Crippen molar-refractivity contribution in [2.45, 2.75) is 58.5 Å². The molecular formula is C13H20F2N4O2. The van der Waals surface area contributed by atoms with Crippen LogP contribution in [0.4, 0.5) is 13.6 Å². The maximum absolute atomic E-state index is 12.3. The highest BCUT2D eigenvalue weighted by molar-refractivity contribution is 5.75. The number of amides is 2. The van der Waals surface area contributed by atoms with Gasteiger partial charge < -0.3 is 15.2 Å². The van der Waals surface area contributed by atoms with Crippen LogP contribution in [0.3, 0.4) is 0 Å². The molecule has 1 aliphatic carbocycles. The van der Waals surface area contributed by atoms with E-state index in [1.807, 2.05) is 0 Å². The normalized spacial score (nSPS) is 17.4. The van der Waals surface area contributed by atoms with Gasteiger partial charge in [-0.2, -0.15) is 4.98 Å². The predicted molar refractivity (Wildman–Crippen MR) is 70.7 cm³/mol. The summed E-state index contributed by atoms with van der Waals surface area (Å²) in [6.07, 6.45) is 0.161. The molecule has 1 saturated carbocycles. The van der Waals surface area contributed by atoms with E-state index in [0.29, 0.717) is 0 Å². The van der Waals surface area contributed by atoms with E-state index in [0.717, 1.165) is 19.3 Å². The molecule has 0 atom stereocenters. The molecule has 1 aliphatic rings. The number of carbonyl (C=O) groups excluding carboxylic acids is 1. The molecule has 0 spiro atoms. The molecule has 21 heavy (non-hydrogen) atoms. The zero-order valence-electron chi connectivity index (χ0n) is 12.4. The Morgan fingerprint density at radius 1 is 1.43 bits per heavy atom. The fourth-order valence-corrected chi connectivity index (χ4v) is 2.44. The highest BCUT2D eigenvalue weighted by Gasteiger charge is 2.47. The molecule has 1 heterocycles. The van der Waals surface area contributed by atoms with Crippen LogP contribution in [-0.2, 0) is 6.54 Å². The van der Waals surface area contributed by atoms with Crippen molar-refractivity contribution in [2.75, 3.05) is 0 Å².